The van der Waals surface area contributed by atoms with Crippen LogP contribution in [-0.2, 0) is 0 Å². The molecule has 0 saturated carbocycles. The van der Waals surface area contributed by atoms with Crippen molar-refractivity contribution < 1.29 is 9.53 Å². The molecule has 1 amide bonds. The number of halogens is 1. The molecule has 20 heavy (non-hydrogen) atoms. The van der Waals surface area contributed by atoms with Crippen molar-refractivity contribution in [1.29, 1.82) is 0 Å². The maximum Gasteiger partial charge on any atom is 0.253 e. The topological polar surface area (TPSA) is 29.5 Å². The highest BCUT2D eigenvalue weighted by molar-refractivity contribution is 9.10. The van der Waals surface area contributed by atoms with Crippen molar-refractivity contribution in [2.45, 2.75) is 0 Å². The second-order valence-corrected chi connectivity index (χ2v) is 5.31. The minimum absolute atomic E-state index is 0.00464. The Morgan fingerprint density at radius 3 is 2.40 bits per heavy atom. The Kier molecular flexibility index (Phi) is 5.18. The molecule has 0 aromatic heterocycles. The molecule has 104 valence electrons. The second kappa shape index (κ2) is 7.10. The zero-order chi connectivity index (χ0) is 14.4. The molecule has 0 heterocycles. The molecule has 0 fully saturated rings. The fraction of sp³-hybridized carbons (Fsp3) is 0.188. The fourth-order valence-electron chi connectivity index (χ4n) is 1.73. The van der Waals surface area contributed by atoms with Crippen molar-refractivity contribution in [2.24, 2.45) is 0 Å². The van der Waals surface area contributed by atoms with E-state index in [1.165, 1.54) is 0 Å². The van der Waals surface area contributed by atoms with Gasteiger partial charge in [-0.1, -0.05) is 34.1 Å². The lowest BCUT2D eigenvalue weighted by atomic mass is 10.2. The van der Waals surface area contributed by atoms with E-state index in [1.807, 2.05) is 54.6 Å². The monoisotopic (exact) mass is 333 g/mol. The van der Waals surface area contributed by atoms with Crippen LogP contribution in [0.5, 0.6) is 5.75 Å². The molecule has 0 N–H and O–H groups in total. The van der Waals surface area contributed by atoms with E-state index in [1.54, 1.807) is 11.9 Å². The van der Waals surface area contributed by atoms with E-state index in [2.05, 4.69) is 15.9 Å². The van der Waals surface area contributed by atoms with Gasteiger partial charge in [-0.3, -0.25) is 4.79 Å². The summed E-state index contributed by atoms with van der Waals surface area (Å²) in [5.41, 5.74) is 0.693. The molecular weight excluding hydrogens is 318 g/mol. The summed E-state index contributed by atoms with van der Waals surface area (Å²) in [5.74, 6) is 0.804. The van der Waals surface area contributed by atoms with Gasteiger partial charge >= 0.3 is 0 Å². The summed E-state index contributed by atoms with van der Waals surface area (Å²) in [4.78, 5) is 13.8. The highest BCUT2D eigenvalue weighted by atomic mass is 79.9. The van der Waals surface area contributed by atoms with Gasteiger partial charge < -0.3 is 9.64 Å². The summed E-state index contributed by atoms with van der Waals surface area (Å²) in [6, 6.07) is 16.9. The van der Waals surface area contributed by atoms with E-state index >= 15 is 0 Å². The minimum atomic E-state index is 0.00464. The molecule has 0 unspecified atom stereocenters. The maximum absolute atomic E-state index is 12.1. The van der Waals surface area contributed by atoms with Crippen molar-refractivity contribution in [3.05, 3.63) is 64.6 Å². The highest BCUT2D eigenvalue weighted by Gasteiger charge is 2.10. The van der Waals surface area contributed by atoms with Crippen LogP contribution in [0, 0.1) is 0 Å². The first-order valence-corrected chi connectivity index (χ1v) is 7.15. The summed E-state index contributed by atoms with van der Waals surface area (Å²) in [6.45, 7) is 1.01. The van der Waals surface area contributed by atoms with Gasteiger partial charge in [-0.2, -0.15) is 0 Å². The van der Waals surface area contributed by atoms with Gasteiger partial charge in [0.05, 0.1) is 6.54 Å². The fourth-order valence-corrected chi connectivity index (χ4v) is 2.00. The van der Waals surface area contributed by atoms with Crippen LogP contribution in [-0.4, -0.2) is 31.0 Å². The highest BCUT2D eigenvalue weighted by Crippen LogP contribution is 2.16. The summed E-state index contributed by atoms with van der Waals surface area (Å²) in [6.07, 6.45) is 0. The van der Waals surface area contributed by atoms with Crippen LogP contribution in [0.4, 0.5) is 0 Å². The third-order valence-electron chi connectivity index (χ3n) is 2.88. The van der Waals surface area contributed by atoms with Crippen molar-refractivity contribution >= 4 is 21.8 Å². The zero-order valence-corrected chi connectivity index (χ0v) is 12.8. The second-order valence-electron chi connectivity index (χ2n) is 4.40. The molecule has 0 aliphatic heterocycles. The van der Waals surface area contributed by atoms with Gasteiger partial charge in [-0.15, -0.1) is 0 Å². The third-order valence-corrected chi connectivity index (χ3v) is 3.41. The first-order valence-electron chi connectivity index (χ1n) is 6.36. The van der Waals surface area contributed by atoms with Gasteiger partial charge in [0.2, 0.25) is 0 Å². The van der Waals surface area contributed by atoms with Gasteiger partial charge in [-0.05, 0) is 36.4 Å². The Balaban J connectivity index is 1.82. The van der Waals surface area contributed by atoms with Crippen molar-refractivity contribution in [3.8, 4) is 5.75 Å². The van der Waals surface area contributed by atoms with Crippen molar-refractivity contribution in [2.75, 3.05) is 20.2 Å². The van der Waals surface area contributed by atoms with Crippen LogP contribution >= 0.6 is 15.9 Å². The molecule has 2 aromatic rings. The molecule has 0 atom stereocenters. The van der Waals surface area contributed by atoms with E-state index in [9.17, 15) is 4.79 Å². The number of hydrogen-bond donors (Lipinski definition) is 0. The molecule has 3 nitrogen and oxygen atoms in total. The van der Waals surface area contributed by atoms with E-state index in [4.69, 9.17) is 4.74 Å². The molecular formula is C16H16BrNO2. The van der Waals surface area contributed by atoms with Crippen LogP contribution in [0.1, 0.15) is 10.4 Å². The number of benzene rings is 2. The molecule has 0 bridgehead atoms. The normalized spacial score (nSPS) is 10.1. The van der Waals surface area contributed by atoms with Crippen LogP contribution in [0.3, 0.4) is 0 Å². The summed E-state index contributed by atoms with van der Waals surface area (Å²) >= 11 is 3.37. The largest absolute Gasteiger partial charge is 0.492 e. The molecule has 0 spiro atoms. The van der Waals surface area contributed by atoms with Crippen molar-refractivity contribution in [3.63, 3.8) is 0 Å². The average Bonchev–Trinajstić information content (AvgIpc) is 2.49. The predicted molar refractivity (Wildman–Crippen MR) is 83.0 cm³/mol. The molecule has 0 aliphatic carbocycles. The van der Waals surface area contributed by atoms with Crippen LogP contribution < -0.4 is 4.74 Å². The number of ether oxygens (including phenoxy) is 1. The van der Waals surface area contributed by atoms with Crippen molar-refractivity contribution in [1.82, 2.24) is 4.90 Å². The van der Waals surface area contributed by atoms with E-state index in [0.717, 1.165) is 10.2 Å². The first kappa shape index (κ1) is 14.6. The molecule has 2 aromatic carbocycles. The Morgan fingerprint density at radius 2 is 1.75 bits per heavy atom. The lowest BCUT2D eigenvalue weighted by Gasteiger charge is -2.17. The molecule has 2 rings (SSSR count). The Hall–Kier alpha value is -1.81. The lowest BCUT2D eigenvalue weighted by molar-refractivity contribution is 0.0774. The summed E-state index contributed by atoms with van der Waals surface area (Å²) < 4.78 is 6.62. The number of rotatable bonds is 5. The molecule has 0 radical (unpaired) electrons. The molecule has 0 aliphatic rings. The van der Waals surface area contributed by atoms with Crippen LogP contribution in [0.2, 0.25) is 0 Å². The number of amides is 1. The maximum atomic E-state index is 12.1. The Labute approximate surface area is 127 Å². The number of hydrogen-bond acceptors (Lipinski definition) is 2. The van der Waals surface area contributed by atoms with Gasteiger partial charge in [0.1, 0.15) is 12.4 Å². The number of nitrogens with zero attached hydrogens (tertiary/aromatic N) is 1. The Bertz CT molecular complexity index is 554. The first-order chi connectivity index (χ1) is 9.66. The smallest absolute Gasteiger partial charge is 0.253 e. The average molecular weight is 334 g/mol. The van der Waals surface area contributed by atoms with Gasteiger partial charge in [0.15, 0.2) is 0 Å². The standard InChI is InChI=1S/C16H16BrNO2/c1-18(16(19)13-5-3-2-4-6-13)11-12-20-15-9-7-14(17)8-10-15/h2-10H,11-12H2,1H3. The summed E-state index contributed by atoms with van der Waals surface area (Å²) in [5, 5.41) is 0. The van der Waals surface area contributed by atoms with E-state index in [-0.39, 0.29) is 5.91 Å². The van der Waals surface area contributed by atoms with Gasteiger partial charge in [0, 0.05) is 17.1 Å². The Morgan fingerprint density at radius 1 is 1.10 bits per heavy atom. The lowest BCUT2D eigenvalue weighted by Crippen LogP contribution is -2.30. The van der Waals surface area contributed by atoms with Gasteiger partial charge in [0.25, 0.3) is 5.91 Å². The molecule has 0 saturated heterocycles. The molecule has 4 heteroatoms. The third kappa shape index (κ3) is 4.10. The van der Waals surface area contributed by atoms with Gasteiger partial charge in [-0.25, -0.2) is 0 Å². The quantitative estimate of drug-likeness (QED) is 0.836. The predicted octanol–water partition coefficient (Wildman–Crippen LogP) is 3.60. The summed E-state index contributed by atoms with van der Waals surface area (Å²) in [7, 11) is 1.78. The number of carbonyl (C=O) groups excluding carboxylic acids is 1. The van der Waals surface area contributed by atoms with Crippen LogP contribution in [0.15, 0.2) is 59.1 Å². The number of carbonyl (C=O) groups is 1. The van der Waals surface area contributed by atoms with Crippen LogP contribution in [0.25, 0.3) is 0 Å². The number of likely N-dealkylation sites (N-methyl/N-ethyl adjacent to an activating group) is 1. The van der Waals surface area contributed by atoms with E-state index in [0.29, 0.717) is 18.7 Å². The minimum Gasteiger partial charge on any atom is -0.492 e. The SMILES string of the molecule is CN(CCOc1ccc(Br)cc1)C(=O)c1ccccc1. The van der Waals surface area contributed by atoms with E-state index < -0.39 is 0 Å². The zero-order valence-electron chi connectivity index (χ0n) is 11.3.